The van der Waals surface area contributed by atoms with Crippen LogP contribution >= 0.6 is 23.5 Å². The Balaban J connectivity index is 1.32. The largest absolute Gasteiger partial charge is 0.378 e. The fourth-order valence-electron chi connectivity index (χ4n) is 2.17. The highest BCUT2D eigenvalue weighted by Crippen LogP contribution is 2.28. The summed E-state index contributed by atoms with van der Waals surface area (Å²) in [5, 5.41) is 1.21. The third kappa shape index (κ3) is 7.15. The first kappa shape index (κ1) is 17.3. The SMILES string of the molecule is O=C1CCC(COCCOCCOCC2CCC(=O)S2)S1. The maximum atomic E-state index is 11.1. The van der Waals surface area contributed by atoms with Crippen molar-refractivity contribution in [3.8, 4) is 0 Å². The lowest BCUT2D eigenvalue weighted by atomic mass is 10.3. The van der Waals surface area contributed by atoms with Crippen molar-refractivity contribution in [3.05, 3.63) is 0 Å². The Bertz CT molecular complexity index is 318. The van der Waals surface area contributed by atoms with Crippen molar-refractivity contribution < 1.29 is 23.8 Å². The van der Waals surface area contributed by atoms with Gasteiger partial charge in [0, 0.05) is 23.3 Å². The van der Waals surface area contributed by atoms with Crippen LogP contribution < -0.4 is 0 Å². The molecular formula is C14H22O5S2. The van der Waals surface area contributed by atoms with Crippen molar-refractivity contribution in [3.63, 3.8) is 0 Å². The van der Waals surface area contributed by atoms with Gasteiger partial charge in [-0.15, -0.1) is 0 Å². The fraction of sp³-hybridized carbons (Fsp3) is 0.857. The first-order valence-electron chi connectivity index (χ1n) is 7.36. The molecule has 0 bridgehead atoms. The van der Waals surface area contributed by atoms with Gasteiger partial charge in [-0.25, -0.2) is 0 Å². The van der Waals surface area contributed by atoms with E-state index in [1.165, 1.54) is 23.5 Å². The summed E-state index contributed by atoms with van der Waals surface area (Å²) in [6.07, 6.45) is 3.22. The molecule has 2 unspecified atom stereocenters. The molecule has 2 heterocycles. The lowest BCUT2D eigenvalue weighted by Gasteiger charge is -2.10. The summed E-state index contributed by atoms with van der Waals surface area (Å²) in [6.45, 7) is 3.46. The Morgan fingerprint density at radius 1 is 0.762 bits per heavy atom. The van der Waals surface area contributed by atoms with Gasteiger partial charge in [0.05, 0.1) is 39.6 Å². The quantitative estimate of drug-likeness (QED) is 0.565. The molecule has 2 aliphatic heterocycles. The van der Waals surface area contributed by atoms with Crippen LogP contribution in [-0.2, 0) is 23.8 Å². The van der Waals surface area contributed by atoms with Gasteiger partial charge in [0.2, 0.25) is 0 Å². The van der Waals surface area contributed by atoms with Gasteiger partial charge >= 0.3 is 0 Å². The number of ether oxygens (including phenoxy) is 3. The van der Waals surface area contributed by atoms with E-state index in [9.17, 15) is 9.59 Å². The first-order valence-corrected chi connectivity index (χ1v) is 9.12. The van der Waals surface area contributed by atoms with Crippen molar-refractivity contribution in [1.82, 2.24) is 0 Å². The monoisotopic (exact) mass is 334 g/mol. The second kappa shape index (κ2) is 9.84. The molecule has 0 N–H and O–H groups in total. The molecule has 0 aromatic carbocycles. The van der Waals surface area contributed by atoms with Crippen molar-refractivity contribution in [2.45, 2.75) is 36.2 Å². The third-order valence-corrected chi connectivity index (χ3v) is 5.63. The van der Waals surface area contributed by atoms with E-state index in [4.69, 9.17) is 14.2 Å². The van der Waals surface area contributed by atoms with Crippen molar-refractivity contribution in [1.29, 1.82) is 0 Å². The van der Waals surface area contributed by atoms with E-state index in [2.05, 4.69) is 0 Å². The van der Waals surface area contributed by atoms with Gasteiger partial charge in [-0.05, 0) is 12.8 Å². The molecule has 0 saturated carbocycles. The fourth-order valence-corrected chi connectivity index (χ4v) is 4.18. The zero-order chi connectivity index (χ0) is 14.9. The second-order valence-electron chi connectivity index (χ2n) is 5.06. The predicted octanol–water partition coefficient (Wildman–Crippen LogP) is 1.88. The van der Waals surface area contributed by atoms with Gasteiger partial charge in [-0.3, -0.25) is 9.59 Å². The molecule has 5 nitrogen and oxygen atoms in total. The van der Waals surface area contributed by atoms with Crippen LogP contribution in [0.25, 0.3) is 0 Å². The summed E-state index contributed by atoms with van der Waals surface area (Å²) in [5.74, 6) is 0. The molecule has 2 rings (SSSR count). The standard InChI is InChI=1S/C14H22O5S2/c15-13-3-1-11(20-13)9-18-7-5-17-6-8-19-10-12-2-4-14(16)21-12/h11-12H,1-10H2. The zero-order valence-electron chi connectivity index (χ0n) is 12.1. The normalized spacial score (nSPS) is 25.9. The summed E-state index contributed by atoms with van der Waals surface area (Å²) in [6, 6.07) is 0. The Morgan fingerprint density at radius 2 is 1.19 bits per heavy atom. The van der Waals surface area contributed by atoms with Crippen molar-refractivity contribution in [2.24, 2.45) is 0 Å². The van der Waals surface area contributed by atoms with Gasteiger partial charge < -0.3 is 14.2 Å². The minimum absolute atomic E-state index is 0.277. The van der Waals surface area contributed by atoms with E-state index in [0.29, 0.717) is 63.0 Å². The van der Waals surface area contributed by atoms with Crippen LogP contribution in [0.2, 0.25) is 0 Å². The Labute approximate surface area is 133 Å². The predicted molar refractivity (Wildman–Crippen MR) is 83.7 cm³/mol. The highest BCUT2D eigenvalue weighted by Gasteiger charge is 2.23. The lowest BCUT2D eigenvalue weighted by molar-refractivity contribution is -0.111. The van der Waals surface area contributed by atoms with E-state index in [1.54, 1.807) is 0 Å². The van der Waals surface area contributed by atoms with Crippen LogP contribution in [0.4, 0.5) is 0 Å². The second-order valence-corrected chi connectivity index (χ2v) is 7.78. The topological polar surface area (TPSA) is 61.8 Å². The molecule has 0 spiro atoms. The summed E-state index contributed by atoms with van der Waals surface area (Å²) in [4.78, 5) is 22.1. The maximum absolute atomic E-state index is 11.1. The van der Waals surface area contributed by atoms with E-state index in [-0.39, 0.29) is 10.2 Å². The number of hydrogen-bond acceptors (Lipinski definition) is 7. The molecule has 0 aromatic rings. The Morgan fingerprint density at radius 3 is 1.57 bits per heavy atom. The van der Waals surface area contributed by atoms with Gasteiger partial charge in [0.15, 0.2) is 10.2 Å². The lowest BCUT2D eigenvalue weighted by Crippen LogP contribution is -2.15. The third-order valence-electron chi connectivity index (χ3n) is 3.29. The molecular weight excluding hydrogens is 312 g/mol. The van der Waals surface area contributed by atoms with Crippen molar-refractivity contribution >= 4 is 33.8 Å². The van der Waals surface area contributed by atoms with Crippen LogP contribution in [0, 0.1) is 0 Å². The van der Waals surface area contributed by atoms with E-state index < -0.39 is 0 Å². The van der Waals surface area contributed by atoms with Crippen molar-refractivity contribution in [2.75, 3.05) is 39.6 Å². The van der Waals surface area contributed by atoms with Gasteiger partial charge in [-0.1, -0.05) is 23.5 Å². The summed E-state index contributed by atoms with van der Waals surface area (Å²) >= 11 is 2.80. The highest BCUT2D eigenvalue weighted by atomic mass is 32.2. The maximum Gasteiger partial charge on any atom is 0.189 e. The van der Waals surface area contributed by atoms with Gasteiger partial charge in [0.1, 0.15) is 0 Å². The van der Waals surface area contributed by atoms with Crippen LogP contribution in [0.3, 0.4) is 0 Å². The molecule has 120 valence electrons. The first-order chi connectivity index (χ1) is 10.2. The van der Waals surface area contributed by atoms with E-state index >= 15 is 0 Å². The number of thioether (sulfide) groups is 2. The molecule has 2 fully saturated rings. The van der Waals surface area contributed by atoms with Crippen LogP contribution in [0.5, 0.6) is 0 Å². The minimum Gasteiger partial charge on any atom is -0.378 e. The minimum atomic E-state index is 0.277. The van der Waals surface area contributed by atoms with Crippen LogP contribution in [0.15, 0.2) is 0 Å². The smallest absolute Gasteiger partial charge is 0.189 e. The average molecular weight is 334 g/mol. The number of hydrogen-bond donors (Lipinski definition) is 0. The number of rotatable bonds is 10. The molecule has 0 radical (unpaired) electrons. The highest BCUT2D eigenvalue weighted by molar-refractivity contribution is 8.14. The molecule has 0 aliphatic carbocycles. The van der Waals surface area contributed by atoms with E-state index in [1.807, 2.05) is 0 Å². The summed E-state index contributed by atoms with van der Waals surface area (Å²) < 4.78 is 16.4. The molecule has 0 aromatic heterocycles. The Kier molecular flexibility index (Phi) is 8.10. The van der Waals surface area contributed by atoms with Gasteiger partial charge in [-0.2, -0.15) is 0 Å². The Hall–Kier alpha value is -0.0800. The molecule has 2 atom stereocenters. The number of carbonyl (C=O) groups excluding carboxylic acids is 2. The van der Waals surface area contributed by atoms with Gasteiger partial charge in [0.25, 0.3) is 0 Å². The average Bonchev–Trinajstić information content (AvgIpc) is 3.06. The molecule has 7 heteroatoms. The molecule has 2 aliphatic rings. The zero-order valence-corrected chi connectivity index (χ0v) is 13.7. The van der Waals surface area contributed by atoms with E-state index in [0.717, 1.165) is 12.8 Å². The number of carbonyl (C=O) groups is 2. The summed E-state index contributed by atoms with van der Waals surface area (Å²) in [7, 11) is 0. The molecule has 2 saturated heterocycles. The molecule has 21 heavy (non-hydrogen) atoms. The van der Waals surface area contributed by atoms with Crippen LogP contribution in [0.1, 0.15) is 25.7 Å². The summed E-state index contributed by atoms with van der Waals surface area (Å²) in [5.41, 5.74) is 0. The molecule has 0 amide bonds. The van der Waals surface area contributed by atoms with Crippen LogP contribution in [-0.4, -0.2) is 60.4 Å².